The Morgan fingerprint density at radius 3 is 2.38 bits per heavy atom. The summed E-state index contributed by atoms with van der Waals surface area (Å²) >= 11 is 6.01. The second-order valence-electron chi connectivity index (χ2n) is 6.91. The third-order valence-corrected chi connectivity index (χ3v) is 4.82. The molecule has 2 N–H and O–H groups in total. The smallest absolute Gasteiger partial charge is 0.343 e. The Hall–Kier alpha value is -3.97. The summed E-state index contributed by atoms with van der Waals surface area (Å²) in [5.41, 5.74) is 5.25. The zero-order valence-electron chi connectivity index (χ0n) is 17.4. The van der Waals surface area contributed by atoms with Gasteiger partial charge in [0.2, 0.25) is 0 Å². The van der Waals surface area contributed by atoms with E-state index < -0.39 is 17.8 Å². The van der Waals surface area contributed by atoms with E-state index in [9.17, 15) is 14.4 Å². The minimum absolute atomic E-state index is 0.259. The van der Waals surface area contributed by atoms with E-state index in [1.165, 1.54) is 6.21 Å². The number of benzene rings is 3. The number of rotatable bonds is 5. The lowest BCUT2D eigenvalue weighted by atomic mass is 10.1. The molecule has 0 atom stereocenters. The number of hydrogen-bond donors (Lipinski definition) is 2. The van der Waals surface area contributed by atoms with Crippen LogP contribution in [-0.2, 0) is 9.59 Å². The summed E-state index contributed by atoms with van der Waals surface area (Å²) in [4.78, 5) is 36.4. The first-order valence-corrected chi connectivity index (χ1v) is 9.99. The lowest BCUT2D eigenvalue weighted by Crippen LogP contribution is -2.32. The van der Waals surface area contributed by atoms with Crippen LogP contribution in [0.2, 0.25) is 5.02 Å². The van der Waals surface area contributed by atoms with Crippen LogP contribution >= 0.6 is 11.6 Å². The molecule has 32 heavy (non-hydrogen) atoms. The monoisotopic (exact) mass is 449 g/mol. The van der Waals surface area contributed by atoms with E-state index in [0.29, 0.717) is 21.8 Å². The Kier molecular flexibility index (Phi) is 7.36. The second kappa shape index (κ2) is 10.4. The van der Waals surface area contributed by atoms with Gasteiger partial charge in [0.05, 0.1) is 11.8 Å². The quantitative estimate of drug-likeness (QED) is 0.200. The molecule has 8 heteroatoms. The first-order valence-electron chi connectivity index (χ1n) is 9.62. The van der Waals surface area contributed by atoms with Crippen molar-refractivity contribution in [3.05, 3.63) is 94.0 Å². The third kappa shape index (κ3) is 6.02. The Morgan fingerprint density at radius 1 is 0.938 bits per heavy atom. The average molecular weight is 450 g/mol. The van der Waals surface area contributed by atoms with E-state index >= 15 is 0 Å². The van der Waals surface area contributed by atoms with Gasteiger partial charge in [-0.05, 0) is 55.8 Å². The number of hydrazone groups is 1. The van der Waals surface area contributed by atoms with Crippen molar-refractivity contribution in [3.63, 3.8) is 0 Å². The standard InChI is InChI=1S/C24H20ClN3O4/c1-15-7-10-17(11-8-15)24(31)32-21-6-4-3-5-18(21)14-26-28-23(30)22(29)27-19-12-9-16(2)20(25)13-19/h3-14H,1-2H3,(H,27,29)(H,28,30). The fourth-order valence-corrected chi connectivity index (χ4v) is 2.78. The van der Waals surface area contributed by atoms with Crippen LogP contribution in [-0.4, -0.2) is 24.0 Å². The van der Waals surface area contributed by atoms with Gasteiger partial charge in [0.1, 0.15) is 5.75 Å². The van der Waals surface area contributed by atoms with Gasteiger partial charge in [0.25, 0.3) is 0 Å². The molecule has 0 saturated heterocycles. The van der Waals surface area contributed by atoms with Crippen LogP contribution in [0.4, 0.5) is 5.69 Å². The van der Waals surface area contributed by atoms with Crippen LogP contribution in [0.1, 0.15) is 27.0 Å². The number of anilines is 1. The summed E-state index contributed by atoms with van der Waals surface area (Å²) in [7, 11) is 0. The number of para-hydroxylation sites is 1. The summed E-state index contributed by atoms with van der Waals surface area (Å²) in [5, 5.41) is 6.70. The van der Waals surface area contributed by atoms with E-state index in [2.05, 4.69) is 15.8 Å². The first-order chi connectivity index (χ1) is 15.3. The minimum atomic E-state index is -0.966. The molecule has 0 aliphatic heterocycles. The number of nitrogens with one attached hydrogen (secondary N) is 2. The number of amides is 2. The Labute approximate surface area is 190 Å². The third-order valence-electron chi connectivity index (χ3n) is 4.41. The molecule has 0 radical (unpaired) electrons. The van der Waals surface area contributed by atoms with Crippen molar-refractivity contribution in [3.8, 4) is 5.75 Å². The molecule has 3 aromatic rings. The van der Waals surface area contributed by atoms with Crippen LogP contribution in [0.25, 0.3) is 0 Å². The van der Waals surface area contributed by atoms with Crippen LogP contribution < -0.4 is 15.5 Å². The van der Waals surface area contributed by atoms with E-state index in [1.807, 2.05) is 26.0 Å². The number of carbonyl (C=O) groups excluding carboxylic acids is 3. The van der Waals surface area contributed by atoms with Crippen molar-refractivity contribution in [1.82, 2.24) is 5.43 Å². The van der Waals surface area contributed by atoms with Crippen molar-refractivity contribution in [2.45, 2.75) is 13.8 Å². The molecular formula is C24H20ClN3O4. The van der Waals surface area contributed by atoms with E-state index in [1.54, 1.807) is 54.6 Å². The predicted octanol–water partition coefficient (Wildman–Crippen LogP) is 4.26. The normalized spacial score (nSPS) is 10.6. The molecule has 0 aliphatic rings. The van der Waals surface area contributed by atoms with Crippen molar-refractivity contribution in [2.24, 2.45) is 5.10 Å². The number of hydrogen-bond acceptors (Lipinski definition) is 5. The molecule has 162 valence electrons. The van der Waals surface area contributed by atoms with E-state index in [0.717, 1.165) is 11.1 Å². The summed E-state index contributed by atoms with van der Waals surface area (Å²) in [6.07, 6.45) is 1.28. The Balaban J connectivity index is 1.62. The topological polar surface area (TPSA) is 96.9 Å². The van der Waals surface area contributed by atoms with Gasteiger partial charge in [-0.2, -0.15) is 5.10 Å². The summed E-state index contributed by atoms with van der Waals surface area (Å²) < 4.78 is 5.44. The van der Waals surface area contributed by atoms with Crippen LogP contribution in [0.5, 0.6) is 5.75 Å². The van der Waals surface area contributed by atoms with Gasteiger partial charge in [-0.15, -0.1) is 0 Å². The lowest BCUT2D eigenvalue weighted by molar-refractivity contribution is -0.136. The summed E-state index contributed by atoms with van der Waals surface area (Å²) in [6.45, 7) is 3.75. The number of esters is 1. The maximum absolute atomic E-state index is 12.4. The highest BCUT2D eigenvalue weighted by Gasteiger charge is 2.14. The maximum Gasteiger partial charge on any atom is 0.343 e. The Morgan fingerprint density at radius 2 is 1.66 bits per heavy atom. The lowest BCUT2D eigenvalue weighted by Gasteiger charge is -2.08. The first kappa shape index (κ1) is 22.7. The molecule has 7 nitrogen and oxygen atoms in total. The van der Waals surface area contributed by atoms with E-state index in [-0.39, 0.29) is 5.75 Å². The number of nitrogens with zero attached hydrogens (tertiary/aromatic N) is 1. The predicted molar refractivity (Wildman–Crippen MR) is 123 cm³/mol. The molecule has 0 aromatic heterocycles. The van der Waals surface area contributed by atoms with Crippen LogP contribution in [0, 0.1) is 13.8 Å². The Bertz CT molecular complexity index is 1190. The summed E-state index contributed by atoms with van der Waals surface area (Å²) in [6, 6.07) is 18.6. The van der Waals surface area contributed by atoms with Crippen molar-refractivity contribution in [2.75, 3.05) is 5.32 Å². The van der Waals surface area contributed by atoms with Gasteiger partial charge < -0.3 is 10.1 Å². The maximum atomic E-state index is 12.4. The molecule has 3 aromatic carbocycles. The molecule has 0 aliphatic carbocycles. The number of carbonyl (C=O) groups is 3. The zero-order valence-corrected chi connectivity index (χ0v) is 18.1. The minimum Gasteiger partial charge on any atom is -0.422 e. The van der Waals surface area contributed by atoms with Crippen molar-refractivity contribution in [1.29, 1.82) is 0 Å². The van der Waals surface area contributed by atoms with Crippen LogP contribution in [0.3, 0.4) is 0 Å². The van der Waals surface area contributed by atoms with Crippen molar-refractivity contribution >= 4 is 41.3 Å². The SMILES string of the molecule is Cc1ccc(C(=O)Oc2ccccc2C=NNC(=O)C(=O)Nc2ccc(C)c(Cl)c2)cc1. The number of halogens is 1. The highest BCUT2D eigenvalue weighted by atomic mass is 35.5. The zero-order chi connectivity index (χ0) is 23.1. The molecule has 0 saturated carbocycles. The average Bonchev–Trinajstić information content (AvgIpc) is 2.77. The van der Waals surface area contributed by atoms with Gasteiger partial charge in [-0.25, -0.2) is 10.2 Å². The van der Waals surface area contributed by atoms with Gasteiger partial charge in [0, 0.05) is 16.3 Å². The molecule has 0 bridgehead atoms. The molecule has 0 fully saturated rings. The highest BCUT2D eigenvalue weighted by molar-refractivity contribution is 6.39. The molecule has 2 amide bonds. The number of ether oxygens (including phenoxy) is 1. The van der Waals surface area contributed by atoms with Gasteiger partial charge in [0.15, 0.2) is 0 Å². The molecule has 0 heterocycles. The molecule has 0 spiro atoms. The fraction of sp³-hybridized carbons (Fsp3) is 0.0833. The number of aryl methyl sites for hydroxylation is 2. The molecule has 0 unspecified atom stereocenters. The largest absolute Gasteiger partial charge is 0.422 e. The molecule has 3 rings (SSSR count). The summed E-state index contributed by atoms with van der Waals surface area (Å²) in [5.74, 6) is -2.13. The van der Waals surface area contributed by atoms with Crippen molar-refractivity contribution < 1.29 is 19.1 Å². The van der Waals surface area contributed by atoms with Gasteiger partial charge >= 0.3 is 17.8 Å². The van der Waals surface area contributed by atoms with Gasteiger partial charge in [-0.1, -0.05) is 47.5 Å². The van der Waals surface area contributed by atoms with Gasteiger partial charge in [-0.3, -0.25) is 9.59 Å². The van der Waals surface area contributed by atoms with E-state index in [4.69, 9.17) is 16.3 Å². The highest BCUT2D eigenvalue weighted by Crippen LogP contribution is 2.20. The second-order valence-corrected chi connectivity index (χ2v) is 7.32. The molecular weight excluding hydrogens is 430 g/mol. The van der Waals surface area contributed by atoms with Crippen LogP contribution in [0.15, 0.2) is 71.8 Å². The fourth-order valence-electron chi connectivity index (χ4n) is 2.60.